The lowest BCUT2D eigenvalue weighted by molar-refractivity contribution is -0.437. The molecule has 0 unspecified atom stereocenters. The second kappa shape index (κ2) is 19.3. The lowest BCUT2D eigenvalue weighted by Crippen LogP contribution is -2.28. The van der Waals surface area contributed by atoms with E-state index in [4.69, 9.17) is 0 Å². The summed E-state index contributed by atoms with van der Waals surface area (Å²) in [6.45, 7) is 13.6. The summed E-state index contributed by atoms with van der Waals surface area (Å²) in [4.78, 5) is 0. The quantitative estimate of drug-likeness (QED) is 0.0485. The van der Waals surface area contributed by atoms with Crippen molar-refractivity contribution in [1.82, 2.24) is 0 Å². The zero-order valence-corrected chi connectivity index (χ0v) is 43.3. The first-order chi connectivity index (χ1) is 33.3. The molecule has 0 aliphatic carbocycles. The summed E-state index contributed by atoms with van der Waals surface area (Å²) in [6, 6.07) is 31.9. The van der Waals surface area contributed by atoms with Gasteiger partial charge in [-0.15, -0.1) is 0 Å². The topological polar surface area (TPSA) is 192 Å². The average Bonchev–Trinajstić information content (AvgIpc) is 3.74. The third-order valence-corrected chi connectivity index (χ3v) is 16.6. The standard InChI is InChI=1S/C55H59N3O10S3/c1-53(2)43-18-9-11-20-45(43)56(30-13-33-69(60,61)62)48(53)28-24-40-36-38(22-27-50-55(5,6)51-42-17-8-7-16-39(42)23-26-47(51)58(50)32-15-35-71(66,67)68)37-41(52(40)59)25-29-49-54(3,4)44-19-10-12-21-46(44)57(49)31-14-34-70(63,64)65/h7-12,16-29,36-37H,13-15,30-35H2,1-6H3,(H-2,60,61,62,63,64,65,66,67,68)/p+3. The highest BCUT2D eigenvalue weighted by atomic mass is 32.2. The molecule has 8 rings (SSSR count). The number of hydrogen-bond donors (Lipinski definition) is 4. The predicted molar refractivity (Wildman–Crippen MR) is 284 cm³/mol. The van der Waals surface area contributed by atoms with Gasteiger partial charge in [0.1, 0.15) is 25.4 Å². The zero-order valence-electron chi connectivity index (χ0n) is 40.9. The number of aromatic hydroxyl groups is 1. The van der Waals surface area contributed by atoms with E-state index in [-0.39, 0.29) is 25.0 Å². The molecule has 5 aromatic carbocycles. The number of para-hydroxylation sites is 2. The first kappa shape index (κ1) is 51.5. The van der Waals surface area contributed by atoms with Crippen LogP contribution in [-0.2, 0) is 46.6 Å². The SMILES string of the molecule is CC1(C)C(/C=C/c2cc(/C=C/C3=[N+](CCCS(=O)(=O)O)c4ccc5ccccc5c4C3(C)C)cc(/C=C/C3=[N+](CCCS(=O)(=O)O)c4ccccc4C3(C)C)c2O)=[N+](CCCS(=O)(=O)O)c2ccccc21. The Labute approximate surface area is 417 Å². The van der Waals surface area contributed by atoms with Crippen molar-refractivity contribution in [1.29, 1.82) is 0 Å². The second-order valence-corrected chi connectivity index (χ2v) is 24.9. The van der Waals surface area contributed by atoms with E-state index in [9.17, 15) is 44.0 Å². The molecule has 0 amide bonds. The van der Waals surface area contributed by atoms with E-state index in [0.29, 0.717) is 30.8 Å². The van der Waals surface area contributed by atoms with Crippen LogP contribution in [0.1, 0.15) is 94.2 Å². The molecule has 5 aromatic rings. The molecule has 0 spiro atoms. The molecule has 0 atom stereocenters. The van der Waals surface area contributed by atoms with Gasteiger partial charge >= 0.3 is 0 Å². The highest BCUT2D eigenvalue weighted by Gasteiger charge is 2.47. The molecular weight excluding hydrogens is 959 g/mol. The van der Waals surface area contributed by atoms with Gasteiger partial charge in [0, 0.05) is 83.5 Å². The number of phenolic OH excluding ortho intramolecular Hbond substituents is 1. The van der Waals surface area contributed by atoms with Gasteiger partial charge < -0.3 is 5.11 Å². The van der Waals surface area contributed by atoms with E-state index >= 15 is 0 Å². The van der Waals surface area contributed by atoms with Gasteiger partial charge in [0.25, 0.3) is 30.4 Å². The Bertz CT molecular complexity index is 3380. The van der Waals surface area contributed by atoms with E-state index < -0.39 is 63.9 Å². The zero-order chi connectivity index (χ0) is 51.3. The Morgan fingerprint density at radius 2 is 0.859 bits per heavy atom. The maximum atomic E-state index is 12.3. The summed E-state index contributed by atoms with van der Waals surface area (Å²) in [6.07, 6.45) is 12.1. The summed E-state index contributed by atoms with van der Waals surface area (Å²) >= 11 is 0. The number of allylic oxidation sites excluding steroid dienone is 3. The van der Waals surface area contributed by atoms with Gasteiger partial charge in [0.15, 0.2) is 17.1 Å². The van der Waals surface area contributed by atoms with Gasteiger partial charge in [-0.05, 0) is 94.3 Å². The Hall–Kier alpha value is -5.88. The second-order valence-electron chi connectivity index (χ2n) is 20.2. The van der Waals surface area contributed by atoms with E-state index in [1.165, 1.54) is 0 Å². The molecule has 0 fully saturated rings. The van der Waals surface area contributed by atoms with Crippen LogP contribution in [0.15, 0.2) is 115 Å². The van der Waals surface area contributed by atoms with Gasteiger partial charge in [-0.1, -0.05) is 60.7 Å². The molecule has 0 saturated carbocycles. The Balaban J connectivity index is 1.28. The fraction of sp³-hybridized carbons (Fsp3) is 0.327. The normalized spacial score (nSPS) is 17.4. The maximum absolute atomic E-state index is 12.3. The number of hydrogen-bond acceptors (Lipinski definition) is 7. The predicted octanol–water partition coefficient (Wildman–Crippen LogP) is 9.65. The molecule has 0 saturated heterocycles. The van der Waals surface area contributed by atoms with Gasteiger partial charge in [-0.3, -0.25) is 13.7 Å². The Kier molecular flexibility index (Phi) is 14.0. The highest BCUT2D eigenvalue weighted by molar-refractivity contribution is 7.86. The summed E-state index contributed by atoms with van der Waals surface area (Å²) in [5.41, 5.74) is 8.70. The Morgan fingerprint density at radius 1 is 0.465 bits per heavy atom. The molecule has 0 aromatic heterocycles. The number of fused-ring (bicyclic) bond motifs is 5. The number of phenols is 1. The highest BCUT2D eigenvalue weighted by Crippen LogP contribution is 2.46. The number of nitrogens with zero attached hydrogens (tertiary/aromatic N) is 3. The van der Waals surface area contributed by atoms with Crippen molar-refractivity contribution in [3.8, 4) is 5.75 Å². The van der Waals surface area contributed by atoms with Crippen LogP contribution in [0.3, 0.4) is 0 Å². The summed E-state index contributed by atoms with van der Waals surface area (Å²) in [5, 5.41) is 14.4. The largest absolute Gasteiger partial charge is 0.507 e. The molecule has 372 valence electrons. The van der Waals surface area contributed by atoms with E-state index in [1.54, 1.807) is 0 Å². The maximum Gasteiger partial charge on any atom is 0.265 e. The number of rotatable bonds is 18. The summed E-state index contributed by atoms with van der Waals surface area (Å²) in [7, 11) is -12.6. The summed E-state index contributed by atoms with van der Waals surface area (Å²) < 4.78 is 106. The lowest BCUT2D eigenvalue weighted by Gasteiger charge is -2.17. The molecule has 16 heteroatoms. The van der Waals surface area contributed by atoms with Crippen LogP contribution >= 0.6 is 0 Å². The van der Waals surface area contributed by atoms with E-state index in [0.717, 1.165) is 67.2 Å². The first-order valence-corrected chi connectivity index (χ1v) is 28.5. The third kappa shape index (κ3) is 10.7. The van der Waals surface area contributed by atoms with Crippen molar-refractivity contribution in [3.63, 3.8) is 0 Å². The van der Waals surface area contributed by atoms with Gasteiger partial charge in [-0.2, -0.15) is 39.0 Å². The van der Waals surface area contributed by atoms with Crippen LogP contribution in [-0.4, -0.2) is 112 Å². The van der Waals surface area contributed by atoms with Crippen molar-refractivity contribution in [2.45, 2.75) is 77.0 Å². The minimum Gasteiger partial charge on any atom is -0.507 e. The smallest absolute Gasteiger partial charge is 0.265 e. The van der Waals surface area contributed by atoms with Gasteiger partial charge in [0.2, 0.25) is 17.1 Å². The minimum absolute atomic E-state index is 0.00658. The molecule has 4 N–H and O–H groups in total. The van der Waals surface area contributed by atoms with Crippen LogP contribution in [0.25, 0.3) is 29.0 Å². The number of benzene rings is 5. The van der Waals surface area contributed by atoms with Gasteiger partial charge in [0.05, 0.1) is 33.5 Å². The molecule has 3 heterocycles. The van der Waals surface area contributed by atoms with E-state index in [1.807, 2.05) is 109 Å². The lowest BCUT2D eigenvalue weighted by atomic mass is 9.79. The van der Waals surface area contributed by atoms with Crippen LogP contribution in [0, 0.1) is 0 Å². The summed E-state index contributed by atoms with van der Waals surface area (Å²) in [5.74, 6) is -1.21. The molecule has 0 radical (unpaired) electrons. The molecular formula is C55H62N3O10S3+3. The van der Waals surface area contributed by atoms with E-state index in [2.05, 4.69) is 79.5 Å². The van der Waals surface area contributed by atoms with Crippen LogP contribution < -0.4 is 0 Å². The Morgan fingerprint density at radius 3 is 1.32 bits per heavy atom. The molecule has 13 nitrogen and oxygen atoms in total. The van der Waals surface area contributed by atoms with Crippen LogP contribution in [0.2, 0.25) is 0 Å². The van der Waals surface area contributed by atoms with Crippen molar-refractivity contribution in [3.05, 3.63) is 149 Å². The fourth-order valence-electron chi connectivity index (χ4n) is 10.8. The van der Waals surface area contributed by atoms with Crippen molar-refractivity contribution in [2.24, 2.45) is 0 Å². The molecule has 71 heavy (non-hydrogen) atoms. The molecule has 0 bridgehead atoms. The average molecular weight is 1020 g/mol. The van der Waals surface area contributed by atoms with Gasteiger partial charge in [-0.25, -0.2) is 0 Å². The fourth-order valence-corrected chi connectivity index (χ4v) is 12.3. The van der Waals surface area contributed by atoms with Crippen molar-refractivity contribution in [2.75, 3.05) is 36.9 Å². The molecule has 3 aliphatic heterocycles. The van der Waals surface area contributed by atoms with Crippen molar-refractivity contribution < 1.29 is 57.7 Å². The van der Waals surface area contributed by atoms with Crippen LogP contribution in [0.5, 0.6) is 5.75 Å². The monoisotopic (exact) mass is 1020 g/mol. The molecule has 3 aliphatic rings. The minimum atomic E-state index is -4.21. The first-order valence-electron chi connectivity index (χ1n) is 23.7. The van der Waals surface area contributed by atoms with Crippen LogP contribution in [0.4, 0.5) is 17.1 Å². The third-order valence-electron chi connectivity index (χ3n) is 14.2. The van der Waals surface area contributed by atoms with Crippen molar-refractivity contribution >= 4 is 93.6 Å².